The Morgan fingerprint density at radius 2 is 1.86 bits per heavy atom. The SMILES string of the molecule is COC(=O)c1ccc(O)c(-c2cccc(OC(F)(F)F)c2)c1. The van der Waals surface area contributed by atoms with Crippen molar-refractivity contribution in [3.8, 4) is 22.6 Å². The summed E-state index contributed by atoms with van der Waals surface area (Å²) in [5.74, 6) is -1.23. The van der Waals surface area contributed by atoms with Crippen molar-refractivity contribution in [3.63, 3.8) is 0 Å². The van der Waals surface area contributed by atoms with Gasteiger partial charge in [0.05, 0.1) is 12.7 Å². The molecule has 4 nitrogen and oxygen atoms in total. The number of carbonyl (C=O) groups excluding carboxylic acids is 1. The third kappa shape index (κ3) is 3.69. The van der Waals surface area contributed by atoms with Crippen LogP contribution in [0.25, 0.3) is 11.1 Å². The van der Waals surface area contributed by atoms with Crippen molar-refractivity contribution in [1.29, 1.82) is 0 Å². The molecule has 0 radical (unpaired) electrons. The molecule has 0 aromatic heterocycles. The van der Waals surface area contributed by atoms with Gasteiger partial charge in [0.25, 0.3) is 0 Å². The summed E-state index contributed by atoms with van der Waals surface area (Å²) in [4.78, 5) is 11.5. The minimum absolute atomic E-state index is 0.164. The van der Waals surface area contributed by atoms with E-state index in [0.717, 1.165) is 12.1 Å². The topological polar surface area (TPSA) is 55.8 Å². The van der Waals surface area contributed by atoms with E-state index in [2.05, 4.69) is 9.47 Å². The summed E-state index contributed by atoms with van der Waals surface area (Å²) in [6.07, 6.45) is -4.81. The van der Waals surface area contributed by atoms with Gasteiger partial charge in [0.15, 0.2) is 0 Å². The van der Waals surface area contributed by atoms with Gasteiger partial charge >= 0.3 is 12.3 Å². The zero-order chi connectivity index (χ0) is 16.3. The van der Waals surface area contributed by atoms with E-state index in [4.69, 9.17) is 0 Å². The van der Waals surface area contributed by atoms with E-state index in [1.54, 1.807) is 0 Å². The highest BCUT2D eigenvalue weighted by atomic mass is 19.4. The average molecular weight is 312 g/mol. The molecule has 0 aliphatic heterocycles. The van der Waals surface area contributed by atoms with Gasteiger partial charge in [-0.3, -0.25) is 0 Å². The molecule has 7 heteroatoms. The summed E-state index contributed by atoms with van der Waals surface area (Å²) < 4.78 is 45.1. The maximum absolute atomic E-state index is 12.2. The van der Waals surface area contributed by atoms with E-state index in [9.17, 15) is 23.1 Å². The van der Waals surface area contributed by atoms with E-state index in [0.29, 0.717) is 0 Å². The molecule has 1 N–H and O–H groups in total. The van der Waals surface area contributed by atoms with Crippen LogP contribution < -0.4 is 4.74 Å². The number of methoxy groups -OCH3 is 1. The number of hydrogen-bond acceptors (Lipinski definition) is 4. The Kier molecular flexibility index (Phi) is 4.25. The molecule has 0 atom stereocenters. The molecule has 0 unspecified atom stereocenters. The van der Waals surface area contributed by atoms with Crippen LogP contribution in [0.3, 0.4) is 0 Å². The largest absolute Gasteiger partial charge is 0.573 e. The van der Waals surface area contributed by atoms with Crippen molar-refractivity contribution < 1.29 is 32.5 Å². The normalized spacial score (nSPS) is 11.1. The van der Waals surface area contributed by atoms with Crippen LogP contribution in [0, 0.1) is 0 Å². The van der Waals surface area contributed by atoms with E-state index in [-0.39, 0.29) is 22.4 Å². The van der Waals surface area contributed by atoms with Crippen LogP contribution in [-0.4, -0.2) is 24.5 Å². The molecule has 2 rings (SSSR count). The van der Waals surface area contributed by atoms with Crippen LogP contribution in [0.4, 0.5) is 13.2 Å². The van der Waals surface area contributed by atoms with Crippen LogP contribution in [0.1, 0.15) is 10.4 Å². The van der Waals surface area contributed by atoms with Crippen molar-refractivity contribution in [2.24, 2.45) is 0 Å². The molecule has 116 valence electrons. The smallest absolute Gasteiger partial charge is 0.507 e. The van der Waals surface area contributed by atoms with Gasteiger partial charge in [-0.1, -0.05) is 12.1 Å². The minimum Gasteiger partial charge on any atom is -0.507 e. The minimum atomic E-state index is -4.81. The van der Waals surface area contributed by atoms with Crippen molar-refractivity contribution >= 4 is 5.97 Å². The van der Waals surface area contributed by atoms with Gasteiger partial charge in [-0.05, 0) is 35.9 Å². The predicted octanol–water partition coefficient (Wildman–Crippen LogP) is 3.74. The number of hydrogen-bond donors (Lipinski definition) is 1. The number of phenolic OH excluding ortho intramolecular Hbond substituents is 1. The molecule has 0 aliphatic carbocycles. The fourth-order valence-corrected chi connectivity index (χ4v) is 1.87. The lowest BCUT2D eigenvalue weighted by Gasteiger charge is -2.11. The predicted molar refractivity (Wildman–Crippen MR) is 71.6 cm³/mol. The lowest BCUT2D eigenvalue weighted by atomic mass is 10.0. The second-order valence-corrected chi connectivity index (χ2v) is 4.30. The van der Waals surface area contributed by atoms with Gasteiger partial charge in [0.1, 0.15) is 11.5 Å². The zero-order valence-corrected chi connectivity index (χ0v) is 11.3. The number of rotatable bonds is 3. The van der Waals surface area contributed by atoms with Gasteiger partial charge < -0.3 is 14.6 Å². The van der Waals surface area contributed by atoms with Gasteiger partial charge in [0, 0.05) is 5.56 Å². The van der Waals surface area contributed by atoms with E-state index < -0.39 is 18.1 Å². The zero-order valence-electron chi connectivity index (χ0n) is 11.3. The van der Waals surface area contributed by atoms with Gasteiger partial charge in [-0.2, -0.15) is 0 Å². The highest BCUT2D eigenvalue weighted by molar-refractivity contribution is 5.92. The Morgan fingerprint density at radius 1 is 1.14 bits per heavy atom. The quantitative estimate of drug-likeness (QED) is 0.877. The highest BCUT2D eigenvalue weighted by Crippen LogP contribution is 2.33. The highest BCUT2D eigenvalue weighted by Gasteiger charge is 2.31. The van der Waals surface area contributed by atoms with Gasteiger partial charge in [0.2, 0.25) is 0 Å². The number of esters is 1. The fourth-order valence-electron chi connectivity index (χ4n) is 1.87. The Balaban J connectivity index is 2.43. The van der Waals surface area contributed by atoms with Crippen LogP contribution in [0.2, 0.25) is 0 Å². The summed E-state index contributed by atoms with van der Waals surface area (Å²) in [5, 5.41) is 9.85. The number of alkyl halides is 3. The molecular weight excluding hydrogens is 301 g/mol. The summed E-state index contributed by atoms with van der Waals surface area (Å²) in [6, 6.07) is 9.02. The number of aromatic hydroxyl groups is 1. The third-order valence-electron chi connectivity index (χ3n) is 2.80. The molecule has 2 aromatic rings. The second-order valence-electron chi connectivity index (χ2n) is 4.30. The van der Waals surface area contributed by atoms with Crippen LogP contribution in [0.5, 0.6) is 11.5 Å². The van der Waals surface area contributed by atoms with Crippen LogP contribution >= 0.6 is 0 Å². The summed E-state index contributed by atoms with van der Waals surface area (Å²) in [6.45, 7) is 0. The van der Waals surface area contributed by atoms with E-state index in [1.165, 1.54) is 37.4 Å². The first-order valence-electron chi connectivity index (χ1n) is 6.07. The molecule has 0 fully saturated rings. The average Bonchev–Trinajstić information content (AvgIpc) is 2.45. The molecule has 0 spiro atoms. The summed E-state index contributed by atoms with van der Waals surface area (Å²) >= 11 is 0. The maximum atomic E-state index is 12.2. The Labute approximate surface area is 123 Å². The van der Waals surface area contributed by atoms with Gasteiger partial charge in [-0.15, -0.1) is 13.2 Å². The Hall–Kier alpha value is -2.70. The van der Waals surface area contributed by atoms with Gasteiger partial charge in [-0.25, -0.2) is 4.79 Å². The van der Waals surface area contributed by atoms with Crippen molar-refractivity contribution in [2.45, 2.75) is 6.36 Å². The fraction of sp³-hybridized carbons (Fsp3) is 0.133. The van der Waals surface area contributed by atoms with Crippen LogP contribution in [0.15, 0.2) is 42.5 Å². The number of ether oxygens (including phenoxy) is 2. The number of benzene rings is 2. The lowest BCUT2D eigenvalue weighted by Crippen LogP contribution is -2.17. The molecule has 0 saturated heterocycles. The molecule has 0 saturated carbocycles. The number of phenols is 1. The first kappa shape index (κ1) is 15.7. The summed E-state index contributed by atoms with van der Waals surface area (Å²) in [5.41, 5.74) is 0.623. The van der Waals surface area contributed by atoms with Crippen molar-refractivity contribution in [3.05, 3.63) is 48.0 Å². The monoisotopic (exact) mass is 312 g/mol. The maximum Gasteiger partial charge on any atom is 0.573 e. The van der Waals surface area contributed by atoms with Crippen molar-refractivity contribution in [2.75, 3.05) is 7.11 Å². The lowest BCUT2D eigenvalue weighted by molar-refractivity contribution is -0.274. The first-order chi connectivity index (χ1) is 10.3. The first-order valence-corrected chi connectivity index (χ1v) is 6.07. The van der Waals surface area contributed by atoms with E-state index >= 15 is 0 Å². The summed E-state index contributed by atoms with van der Waals surface area (Å²) in [7, 11) is 1.20. The van der Waals surface area contributed by atoms with Crippen LogP contribution in [-0.2, 0) is 4.74 Å². The Morgan fingerprint density at radius 3 is 2.50 bits per heavy atom. The molecule has 0 amide bonds. The molecule has 2 aromatic carbocycles. The molecule has 22 heavy (non-hydrogen) atoms. The number of carbonyl (C=O) groups is 1. The second kappa shape index (κ2) is 5.97. The standard InChI is InChI=1S/C15H11F3O4/c1-21-14(20)10-5-6-13(19)12(8-10)9-3-2-4-11(7-9)22-15(16,17)18/h2-8,19H,1H3. The Bertz CT molecular complexity index is 695. The molecule has 0 bridgehead atoms. The number of halogens is 3. The third-order valence-corrected chi connectivity index (χ3v) is 2.80. The molecule has 0 aliphatic rings. The van der Waals surface area contributed by atoms with Crippen molar-refractivity contribution in [1.82, 2.24) is 0 Å². The molecular formula is C15H11F3O4. The molecule has 0 heterocycles. The van der Waals surface area contributed by atoms with E-state index in [1.807, 2.05) is 0 Å².